The third-order valence-electron chi connectivity index (χ3n) is 4.94. The molecule has 0 fully saturated rings. The average molecular weight is 399 g/mol. The fourth-order valence-corrected chi connectivity index (χ4v) is 4.15. The van der Waals surface area contributed by atoms with Gasteiger partial charge >= 0.3 is 0 Å². The maximum Gasteiger partial charge on any atom is 0.202 e. The molecule has 136 valence electrons. The fraction of sp³-hybridized carbons (Fsp3) is 0.200. The summed E-state index contributed by atoms with van der Waals surface area (Å²) in [6.45, 7) is 1.92. The molecule has 0 aliphatic carbocycles. The summed E-state index contributed by atoms with van der Waals surface area (Å²) >= 11 is 12.7. The molecule has 0 saturated heterocycles. The molecular weight excluding hydrogens is 383 g/mol. The molecular formula is C20H16Cl2N4O. The van der Waals surface area contributed by atoms with Crippen LogP contribution in [-0.2, 0) is 4.74 Å². The second-order valence-corrected chi connectivity index (χ2v) is 7.25. The summed E-state index contributed by atoms with van der Waals surface area (Å²) in [7, 11) is 0. The van der Waals surface area contributed by atoms with Gasteiger partial charge < -0.3 is 10.5 Å². The highest BCUT2D eigenvalue weighted by Crippen LogP contribution is 2.48. The van der Waals surface area contributed by atoms with Gasteiger partial charge in [-0.15, -0.1) is 0 Å². The molecule has 2 aliphatic rings. The minimum Gasteiger partial charge on any atom is -0.452 e. The number of nitrogens with zero attached hydrogens (tertiary/aromatic N) is 3. The van der Waals surface area contributed by atoms with Crippen LogP contribution in [0.15, 0.2) is 65.1 Å². The lowest BCUT2D eigenvalue weighted by Gasteiger charge is -2.37. The number of hydrazone groups is 1. The van der Waals surface area contributed by atoms with Crippen LogP contribution in [0.1, 0.15) is 18.4 Å². The summed E-state index contributed by atoms with van der Waals surface area (Å²) in [4.78, 5) is 0. The second kappa shape index (κ2) is 6.80. The molecule has 27 heavy (non-hydrogen) atoms. The van der Waals surface area contributed by atoms with E-state index in [-0.39, 0.29) is 11.8 Å². The Labute approximate surface area is 167 Å². The molecule has 7 heteroatoms. The quantitative estimate of drug-likeness (QED) is 0.799. The number of hydrogen-bond donors (Lipinski definition) is 1. The molecule has 0 amide bonds. The maximum atomic E-state index is 9.75. The first-order valence-corrected chi connectivity index (χ1v) is 9.18. The number of anilines is 1. The van der Waals surface area contributed by atoms with Crippen molar-refractivity contribution in [3.05, 3.63) is 75.6 Å². The van der Waals surface area contributed by atoms with Crippen LogP contribution in [0.25, 0.3) is 0 Å². The van der Waals surface area contributed by atoms with Crippen molar-refractivity contribution >= 4 is 34.6 Å². The summed E-state index contributed by atoms with van der Waals surface area (Å²) in [5.74, 6) is -0.522. The van der Waals surface area contributed by atoms with Gasteiger partial charge in [-0.1, -0.05) is 53.5 Å². The predicted octanol–water partition coefficient (Wildman–Crippen LogP) is 4.64. The van der Waals surface area contributed by atoms with Gasteiger partial charge in [0.1, 0.15) is 6.07 Å². The number of halogens is 2. The van der Waals surface area contributed by atoms with E-state index in [2.05, 4.69) is 6.07 Å². The van der Waals surface area contributed by atoms with E-state index >= 15 is 0 Å². The van der Waals surface area contributed by atoms with E-state index in [1.54, 1.807) is 11.1 Å². The highest BCUT2D eigenvalue weighted by molar-refractivity contribution is 6.42. The van der Waals surface area contributed by atoms with Gasteiger partial charge in [0.15, 0.2) is 0 Å². The monoisotopic (exact) mass is 398 g/mol. The van der Waals surface area contributed by atoms with Gasteiger partial charge in [0.2, 0.25) is 12.1 Å². The van der Waals surface area contributed by atoms with Crippen molar-refractivity contribution < 1.29 is 4.74 Å². The van der Waals surface area contributed by atoms with Crippen LogP contribution in [0, 0.1) is 17.2 Å². The molecule has 2 heterocycles. The fourth-order valence-electron chi connectivity index (χ4n) is 3.73. The molecule has 0 spiro atoms. The Morgan fingerprint density at radius 1 is 1.15 bits per heavy atom. The molecule has 0 unspecified atom stereocenters. The molecule has 0 bridgehead atoms. The van der Waals surface area contributed by atoms with Crippen molar-refractivity contribution in [2.24, 2.45) is 16.8 Å². The van der Waals surface area contributed by atoms with Crippen LogP contribution in [0.2, 0.25) is 10.0 Å². The third kappa shape index (κ3) is 2.82. The number of para-hydroxylation sites is 1. The topological polar surface area (TPSA) is 74.6 Å². The Morgan fingerprint density at radius 2 is 1.89 bits per heavy atom. The molecule has 5 nitrogen and oxygen atoms in total. The molecule has 2 N–H and O–H groups in total. The summed E-state index contributed by atoms with van der Waals surface area (Å²) in [5.41, 5.74) is 8.93. The zero-order chi connectivity index (χ0) is 19.1. The van der Waals surface area contributed by atoms with E-state index in [1.807, 2.05) is 49.4 Å². The molecule has 0 radical (unpaired) electrons. The van der Waals surface area contributed by atoms with E-state index in [4.69, 9.17) is 38.8 Å². The highest BCUT2D eigenvalue weighted by Gasteiger charge is 2.49. The van der Waals surface area contributed by atoms with Crippen molar-refractivity contribution in [2.45, 2.75) is 19.1 Å². The Kier molecular flexibility index (Phi) is 4.47. The summed E-state index contributed by atoms with van der Waals surface area (Å²) in [5, 5.41) is 17.1. The molecule has 2 aromatic carbocycles. The number of benzene rings is 2. The largest absolute Gasteiger partial charge is 0.452 e. The SMILES string of the molecule is CC1=NN(c2ccccc2)[C@H]2OC(N)=C(C#N)[C@@H](c3cccc(Cl)c3Cl)[C@H]12. The standard InChI is InChI=1S/C20H16Cl2N4O/c1-11-16-17(13-8-5-9-15(21)18(13)22)14(10-23)19(24)27-20(16)26(25-11)12-6-3-2-4-7-12/h2-9,16-17,20H,24H2,1H3/t16-,17+,20-/m0/s1. The summed E-state index contributed by atoms with van der Waals surface area (Å²) < 4.78 is 5.94. The van der Waals surface area contributed by atoms with Crippen LogP contribution in [0.5, 0.6) is 0 Å². The van der Waals surface area contributed by atoms with Crippen LogP contribution >= 0.6 is 23.2 Å². The summed E-state index contributed by atoms with van der Waals surface area (Å²) in [6, 6.07) is 17.3. The van der Waals surface area contributed by atoms with Crippen LogP contribution < -0.4 is 10.7 Å². The van der Waals surface area contributed by atoms with Crippen LogP contribution in [-0.4, -0.2) is 11.9 Å². The van der Waals surface area contributed by atoms with Crippen molar-refractivity contribution in [2.75, 3.05) is 5.01 Å². The lowest BCUT2D eigenvalue weighted by atomic mass is 9.76. The predicted molar refractivity (Wildman–Crippen MR) is 106 cm³/mol. The maximum absolute atomic E-state index is 9.75. The first-order valence-electron chi connectivity index (χ1n) is 8.42. The van der Waals surface area contributed by atoms with Gasteiger partial charge in [-0.3, -0.25) is 0 Å². The van der Waals surface area contributed by atoms with E-state index in [9.17, 15) is 5.26 Å². The van der Waals surface area contributed by atoms with E-state index < -0.39 is 12.1 Å². The van der Waals surface area contributed by atoms with Gasteiger partial charge in [-0.25, -0.2) is 5.01 Å². The van der Waals surface area contributed by atoms with Gasteiger partial charge in [-0.05, 0) is 30.7 Å². The van der Waals surface area contributed by atoms with Gasteiger partial charge in [0.25, 0.3) is 0 Å². The summed E-state index contributed by atoms with van der Waals surface area (Å²) in [6.07, 6.45) is -0.468. The number of nitrogens with two attached hydrogens (primary N) is 1. The number of rotatable bonds is 2. The van der Waals surface area contributed by atoms with Gasteiger partial charge in [0, 0.05) is 11.6 Å². The van der Waals surface area contributed by atoms with Gasteiger partial charge in [0.05, 0.1) is 27.2 Å². The number of ether oxygens (including phenoxy) is 1. The minimum atomic E-state index is -0.468. The Balaban J connectivity index is 1.86. The Morgan fingerprint density at radius 3 is 2.59 bits per heavy atom. The number of hydrogen-bond acceptors (Lipinski definition) is 5. The average Bonchev–Trinajstić information content (AvgIpc) is 3.00. The van der Waals surface area contributed by atoms with Crippen molar-refractivity contribution in [1.82, 2.24) is 0 Å². The van der Waals surface area contributed by atoms with Crippen LogP contribution in [0.4, 0.5) is 5.69 Å². The number of fused-ring (bicyclic) bond motifs is 1. The highest BCUT2D eigenvalue weighted by atomic mass is 35.5. The number of nitriles is 1. The lowest BCUT2D eigenvalue weighted by Crippen LogP contribution is -2.44. The molecule has 2 aromatic rings. The zero-order valence-electron chi connectivity index (χ0n) is 14.4. The molecule has 4 rings (SSSR count). The Bertz CT molecular complexity index is 997. The molecule has 0 saturated carbocycles. The third-order valence-corrected chi connectivity index (χ3v) is 5.77. The normalized spacial score (nSPS) is 24.1. The van der Waals surface area contributed by atoms with Crippen molar-refractivity contribution in [3.63, 3.8) is 0 Å². The zero-order valence-corrected chi connectivity index (χ0v) is 15.9. The lowest BCUT2D eigenvalue weighted by molar-refractivity contribution is 0.0662. The van der Waals surface area contributed by atoms with Crippen molar-refractivity contribution in [1.29, 1.82) is 5.26 Å². The van der Waals surface area contributed by atoms with Crippen LogP contribution in [0.3, 0.4) is 0 Å². The first kappa shape index (κ1) is 17.7. The van der Waals surface area contributed by atoms with E-state index in [0.717, 1.165) is 17.0 Å². The molecule has 3 atom stereocenters. The molecule has 2 aliphatic heterocycles. The minimum absolute atomic E-state index is 0.0885. The van der Waals surface area contributed by atoms with Gasteiger partial charge in [-0.2, -0.15) is 10.4 Å². The van der Waals surface area contributed by atoms with Crippen molar-refractivity contribution in [3.8, 4) is 6.07 Å². The number of allylic oxidation sites excluding steroid dienone is 1. The second-order valence-electron chi connectivity index (χ2n) is 6.47. The van der Waals surface area contributed by atoms with E-state index in [0.29, 0.717) is 15.6 Å². The smallest absolute Gasteiger partial charge is 0.202 e. The van der Waals surface area contributed by atoms with E-state index in [1.165, 1.54) is 0 Å². The molecule has 0 aromatic heterocycles. The first-order chi connectivity index (χ1) is 13.0. The Hall–Kier alpha value is -2.68.